The summed E-state index contributed by atoms with van der Waals surface area (Å²) in [5.41, 5.74) is 6.26. The van der Waals surface area contributed by atoms with Crippen LogP contribution < -0.4 is 10.6 Å². The van der Waals surface area contributed by atoms with Gasteiger partial charge >= 0.3 is 6.09 Å². The SMILES string of the molecule is COC(=O)N[C@H](C(=O)N1CCC[C@H]1c1ncc(-c2ccc(-c3ccc(-c4cnc(C5[C@H]6CC[C@H](C6)[C@H]5C(=O)NCc5cccnc5F)[nH]4)cc3)cc2)[nH]1)C(C)C. The van der Waals surface area contributed by atoms with Crippen LogP contribution in [0.1, 0.15) is 75.1 Å². The van der Waals surface area contributed by atoms with E-state index in [-0.39, 0.29) is 42.2 Å². The minimum Gasteiger partial charge on any atom is -0.453 e. The highest BCUT2D eigenvalue weighted by Crippen LogP contribution is 2.56. The zero-order valence-electron chi connectivity index (χ0n) is 31.8. The highest BCUT2D eigenvalue weighted by atomic mass is 19.1. The Morgan fingerprint density at radius 3 is 2.12 bits per heavy atom. The molecule has 2 bridgehead atoms. The summed E-state index contributed by atoms with van der Waals surface area (Å²) >= 11 is 0. The first-order valence-corrected chi connectivity index (χ1v) is 19.5. The van der Waals surface area contributed by atoms with E-state index in [9.17, 15) is 18.8 Å². The minimum atomic E-state index is -0.686. The van der Waals surface area contributed by atoms with Gasteiger partial charge in [-0.05, 0) is 78.2 Å². The van der Waals surface area contributed by atoms with Crippen LogP contribution >= 0.6 is 0 Å². The monoisotopic (exact) mass is 758 g/mol. The van der Waals surface area contributed by atoms with E-state index >= 15 is 0 Å². The number of hydrogen-bond donors (Lipinski definition) is 4. The number of hydrogen-bond acceptors (Lipinski definition) is 7. The molecule has 12 nitrogen and oxygen atoms in total. The number of rotatable bonds is 11. The second-order valence-corrected chi connectivity index (χ2v) is 15.6. The van der Waals surface area contributed by atoms with E-state index in [4.69, 9.17) is 9.72 Å². The van der Waals surface area contributed by atoms with Gasteiger partial charge in [-0.3, -0.25) is 9.59 Å². The molecule has 2 aromatic carbocycles. The molecule has 56 heavy (non-hydrogen) atoms. The van der Waals surface area contributed by atoms with Crippen LogP contribution in [0.2, 0.25) is 0 Å². The number of imidazole rings is 2. The molecule has 5 aromatic rings. The average Bonchev–Trinajstić information content (AvgIpc) is 4.08. The van der Waals surface area contributed by atoms with Crippen LogP contribution in [0.4, 0.5) is 9.18 Å². The zero-order chi connectivity index (χ0) is 38.9. The number of nitrogens with zero attached hydrogens (tertiary/aromatic N) is 4. The second kappa shape index (κ2) is 15.7. The van der Waals surface area contributed by atoms with Gasteiger partial charge in [0.25, 0.3) is 0 Å². The summed E-state index contributed by atoms with van der Waals surface area (Å²) in [6.45, 7) is 4.51. The van der Waals surface area contributed by atoms with Gasteiger partial charge in [-0.25, -0.2) is 19.7 Å². The Hall–Kier alpha value is -5.85. The van der Waals surface area contributed by atoms with Crippen molar-refractivity contribution in [3.8, 4) is 33.6 Å². The van der Waals surface area contributed by atoms with Crippen molar-refractivity contribution in [2.45, 2.75) is 70.5 Å². The summed E-state index contributed by atoms with van der Waals surface area (Å²) in [6.07, 6.45) is 9.19. The Morgan fingerprint density at radius 1 is 0.857 bits per heavy atom. The molecule has 2 aliphatic carbocycles. The standard InChI is InChI=1S/C43H47FN8O4/c1-24(2)37(51-43(55)56-3)42(54)52-19-5-7-34(52)39-46-22-32(49-39)27-12-8-25(9-13-27)26-10-14-28(15-11-26)33-23-47-40(50-33)35-29-16-17-30(20-29)36(35)41(53)48-21-31-6-4-18-45-38(31)44/h4,6,8-15,18,22-24,29-30,34-37H,5,7,16-17,19-21H2,1-3H3,(H,46,49)(H,47,50)(H,48,53)(H,51,55)/t29-,30+,34-,35?,36+,37-/m0/s1. The van der Waals surface area contributed by atoms with Gasteiger partial charge < -0.3 is 30.2 Å². The quantitative estimate of drug-likeness (QED) is 0.104. The number of halogens is 1. The van der Waals surface area contributed by atoms with E-state index in [1.807, 2.05) is 24.9 Å². The number of aromatic amines is 2. The van der Waals surface area contributed by atoms with Crippen molar-refractivity contribution in [1.82, 2.24) is 40.5 Å². The highest BCUT2D eigenvalue weighted by molar-refractivity contribution is 5.86. The smallest absolute Gasteiger partial charge is 0.407 e. The average molecular weight is 759 g/mol. The lowest BCUT2D eigenvalue weighted by atomic mass is 9.78. The molecule has 2 saturated carbocycles. The Kier molecular flexibility index (Phi) is 10.4. The number of benzene rings is 2. The Bertz CT molecular complexity index is 2200. The van der Waals surface area contributed by atoms with Crippen molar-refractivity contribution >= 4 is 17.9 Å². The van der Waals surface area contributed by atoms with Gasteiger partial charge in [0.05, 0.1) is 42.9 Å². The third-order valence-electron chi connectivity index (χ3n) is 12.0. The van der Waals surface area contributed by atoms with Gasteiger partial charge in [-0.15, -0.1) is 0 Å². The van der Waals surface area contributed by atoms with E-state index in [1.165, 1.54) is 13.3 Å². The molecule has 1 unspecified atom stereocenters. The highest BCUT2D eigenvalue weighted by Gasteiger charge is 2.52. The number of methoxy groups -OCH3 is 1. The molecule has 1 saturated heterocycles. The number of fused-ring (bicyclic) bond motifs is 2. The first kappa shape index (κ1) is 37.1. The molecule has 3 aromatic heterocycles. The van der Waals surface area contributed by atoms with Crippen LogP contribution in [0, 0.1) is 29.6 Å². The number of alkyl carbamates (subject to hydrolysis) is 1. The van der Waals surface area contributed by atoms with E-state index in [2.05, 4.69) is 79.1 Å². The molecule has 4 N–H and O–H groups in total. The lowest BCUT2D eigenvalue weighted by Crippen LogP contribution is -2.51. The summed E-state index contributed by atoms with van der Waals surface area (Å²) in [5, 5.41) is 5.67. The third kappa shape index (κ3) is 7.29. The number of carbonyl (C=O) groups is 3. The fourth-order valence-electron chi connectivity index (χ4n) is 9.10. The summed E-state index contributed by atoms with van der Waals surface area (Å²) in [4.78, 5) is 60.9. The molecule has 290 valence electrons. The number of amides is 3. The van der Waals surface area contributed by atoms with Gasteiger partial charge in [0.15, 0.2) is 0 Å². The van der Waals surface area contributed by atoms with Crippen LogP contribution in [0.5, 0.6) is 0 Å². The van der Waals surface area contributed by atoms with Crippen molar-refractivity contribution in [2.75, 3.05) is 13.7 Å². The summed E-state index contributed by atoms with van der Waals surface area (Å²) < 4.78 is 18.9. The van der Waals surface area contributed by atoms with Crippen LogP contribution in [-0.4, -0.2) is 67.4 Å². The lowest BCUT2D eigenvalue weighted by Gasteiger charge is -2.30. The molecule has 0 spiro atoms. The third-order valence-corrected chi connectivity index (χ3v) is 12.0. The molecular weight excluding hydrogens is 712 g/mol. The predicted octanol–water partition coefficient (Wildman–Crippen LogP) is 7.16. The van der Waals surface area contributed by atoms with Gasteiger partial charge in [-0.2, -0.15) is 4.39 Å². The molecular formula is C43H47FN8O4. The molecule has 13 heteroatoms. The van der Waals surface area contributed by atoms with Gasteiger partial charge in [-0.1, -0.05) is 68.4 Å². The molecule has 8 rings (SSSR count). The molecule has 6 atom stereocenters. The topological polar surface area (TPSA) is 158 Å². The summed E-state index contributed by atoms with van der Waals surface area (Å²) in [5.74, 6) is 1.20. The summed E-state index contributed by atoms with van der Waals surface area (Å²) in [6, 6.07) is 19.1. The maximum absolute atomic E-state index is 14.1. The predicted molar refractivity (Wildman–Crippen MR) is 208 cm³/mol. The van der Waals surface area contributed by atoms with Gasteiger partial charge in [0, 0.05) is 30.8 Å². The van der Waals surface area contributed by atoms with E-state index in [1.54, 1.807) is 18.3 Å². The fraction of sp³-hybridized carbons (Fsp3) is 0.395. The number of ether oxygens (including phenoxy) is 1. The van der Waals surface area contributed by atoms with Crippen molar-refractivity contribution < 1.29 is 23.5 Å². The Labute approximate surface area is 325 Å². The van der Waals surface area contributed by atoms with Crippen molar-refractivity contribution in [2.24, 2.45) is 23.7 Å². The zero-order valence-corrected chi connectivity index (χ0v) is 31.8. The number of pyridine rings is 1. The molecule has 3 amide bonds. The maximum Gasteiger partial charge on any atom is 0.407 e. The first-order valence-electron chi connectivity index (χ1n) is 19.5. The van der Waals surface area contributed by atoms with E-state index < -0.39 is 18.1 Å². The number of aromatic nitrogens is 5. The van der Waals surface area contributed by atoms with Crippen LogP contribution in [0.3, 0.4) is 0 Å². The van der Waals surface area contributed by atoms with Crippen molar-refractivity contribution in [3.05, 3.63) is 102 Å². The van der Waals surface area contributed by atoms with Crippen molar-refractivity contribution in [3.63, 3.8) is 0 Å². The van der Waals surface area contributed by atoms with Crippen LogP contribution in [0.15, 0.2) is 79.3 Å². The molecule has 3 aliphatic rings. The number of likely N-dealkylation sites (tertiary alicyclic amines) is 1. The molecule has 1 aliphatic heterocycles. The minimum absolute atomic E-state index is 0.00264. The lowest BCUT2D eigenvalue weighted by molar-refractivity contribution is -0.135. The normalized spacial score (nSPS) is 22.0. The molecule has 4 heterocycles. The van der Waals surface area contributed by atoms with Gasteiger partial charge in [0.1, 0.15) is 17.7 Å². The molecule has 0 radical (unpaired) electrons. The fourth-order valence-corrected chi connectivity index (χ4v) is 9.10. The van der Waals surface area contributed by atoms with E-state index in [0.29, 0.717) is 23.9 Å². The van der Waals surface area contributed by atoms with Crippen LogP contribution in [0.25, 0.3) is 33.6 Å². The van der Waals surface area contributed by atoms with Crippen molar-refractivity contribution in [1.29, 1.82) is 0 Å². The van der Waals surface area contributed by atoms with Gasteiger partial charge in [0.2, 0.25) is 17.8 Å². The summed E-state index contributed by atoms with van der Waals surface area (Å²) in [7, 11) is 1.29. The largest absolute Gasteiger partial charge is 0.453 e. The van der Waals surface area contributed by atoms with E-state index in [0.717, 1.165) is 77.4 Å². The first-order chi connectivity index (χ1) is 27.2. The maximum atomic E-state index is 14.1. The van der Waals surface area contributed by atoms with Crippen LogP contribution in [-0.2, 0) is 20.9 Å². The Morgan fingerprint density at radius 2 is 1.48 bits per heavy atom. The number of carbonyl (C=O) groups excluding carboxylic acids is 3. The number of nitrogens with one attached hydrogen (secondary N) is 4. The number of H-pyrrole nitrogens is 2. The molecule has 3 fully saturated rings. The second-order valence-electron chi connectivity index (χ2n) is 15.6. The Balaban J connectivity index is 0.918.